The van der Waals surface area contributed by atoms with Gasteiger partial charge in [0, 0.05) is 13.3 Å². The van der Waals surface area contributed by atoms with Gasteiger partial charge in [0.05, 0.1) is 32.5 Å². The van der Waals surface area contributed by atoms with Crippen molar-refractivity contribution < 1.29 is 75.2 Å². The summed E-state index contributed by atoms with van der Waals surface area (Å²) in [5, 5.41) is 117. The van der Waals surface area contributed by atoms with Crippen LogP contribution in [0.5, 0.6) is 0 Å². The van der Waals surface area contributed by atoms with Crippen LogP contribution in [0, 0.1) is 0 Å². The molecule has 3 saturated heterocycles. The molecule has 0 spiro atoms. The molecule has 16 nitrogen and oxygen atoms in total. The van der Waals surface area contributed by atoms with Gasteiger partial charge in [0.2, 0.25) is 5.91 Å². The van der Waals surface area contributed by atoms with E-state index in [0.717, 1.165) is 6.92 Å². The van der Waals surface area contributed by atoms with Gasteiger partial charge in [0.25, 0.3) is 0 Å². The standard InChI is InChI=1S/C20H35NO15/c1-7(24)21-19(5-34-9(3-22)12(26)15(19)29)20(33)6-35-8(11(25)16(20)30)2-18(32)14(28)13(27)10(4-23)36-17(18)31/h8-17,22-23,25-33H,2-6H2,1H3,(H,21,24)/t8-,9-,10-,11-,12-,13-,14+,15+,16+,17+,18-,19+,20-/m1/s1. The molecule has 3 aliphatic rings. The zero-order valence-corrected chi connectivity index (χ0v) is 19.4. The number of hydrogen-bond acceptors (Lipinski definition) is 15. The van der Waals surface area contributed by atoms with Crippen LogP contribution in [0.4, 0.5) is 0 Å². The van der Waals surface area contributed by atoms with Crippen LogP contribution in [0.25, 0.3) is 0 Å². The Hall–Kier alpha value is -1.09. The minimum atomic E-state index is -2.71. The molecule has 0 aliphatic carbocycles. The molecule has 210 valence electrons. The summed E-state index contributed by atoms with van der Waals surface area (Å²) in [6, 6.07) is 0. The average Bonchev–Trinajstić information content (AvgIpc) is 2.83. The fraction of sp³-hybridized carbons (Fsp3) is 0.950. The van der Waals surface area contributed by atoms with E-state index in [1.54, 1.807) is 0 Å². The van der Waals surface area contributed by atoms with Gasteiger partial charge in [-0.05, 0) is 0 Å². The zero-order chi connectivity index (χ0) is 27.2. The Morgan fingerprint density at radius 3 is 1.89 bits per heavy atom. The van der Waals surface area contributed by atoms with Crippen LogP contribution < -0.4 is 5.32 Å². The highest BCUT2D eigenvalue weighted by Gasteiger charge is 2.68. The summed E-state index contributed by atoms with van der Waals surface area (Å²) in [6.45, 7) is -2.15. The molecule has 12 N–H and O–H groups in total. The SMILES string of the molecule is CC(=O)N[C@@]1([C@@]2(O)CO[C@H](C[C@]3(O)[C@@H](O)O[C@H](CO)[C@@H](O)[C@@H]3O)[C@@H](O)[C@@H]2O)CO[C@H](CO)[C@@H](O)[C@@H]1O. The molecule has 3 fully saturated rings. The average molecular weight is 529 g/mol. The van der Waals surface area contributed by atoms with Crippen LogP contribution >= 0.6 is 0 Å². The number of aliphatic hydroxyl groups excluding tert-OH is 9. The summed E-state index contributed by atoms with van der Waals surface area (Å²) in [5.41, 5.74) is -7.71. The molecular weight excluding hydrogens is 494 g/mol. The topological polar surface area (TPSA) is 279 Å². The second-order valence-corrected chi connectivity index (χ2v) is 9.67. The van der Waals surface area contributed by atoms with Gasteiger partial charge in [-0.2, -0.15) is 0 Å². The van der Waals surface area contributed by atoms with E-state index < -0.39 is 117 Å². The van der Waals surface area contributed by atoms with Gasteiger partial charge in [-0.25, -0.2) is 0 Å². The minimum Gasteiger partial charge on any atom is -0.394 e. The first-order valence-corrected chi connectivity index (χ1v) is 11.3. The summed E-state index contributed by atoms with van der Waals surface area (Å²) in [5.74, 6) is -0.822. The highest BCUT2D eigenvalue weighted by Crippen LogP contribution is 2.42. The molecule has 1 amide bonds. The third-order valence-corrected chi connectivity index (χ3v) is 7.45. The van der Waals surface area contributed by atoms with Crippen molar-refractivity contribution in [3.8, 4) is 0 Å². The molecule has 0 aromatic heterocycles. The predicted octanol–water partition coefficient (Wildman–Crippen LogP) is -7.62. The van der Waals surface area contributed by atoms with Gasteiger partial charge < -0.3 is 75.7 Å². The van der Waals surface area contributed by atoms with Crippen LogP contribution in [-0.4, -0.2) is 166 Å². The van der Waals surface area contributed by atoms with Crippen molar-refractivity contribution in [1.29, 1.82) is 0 Å². The van der Waals surface area contributed by atoms with Gasteiger partial charge in [-0.15, -0.1) is 0 Å². The summed E-state index contributed by atoms with van der Waals surface area (Å²) < 4.78 is 15.7. The van der Waals surface area contributed by atoms with Crippen LogP contribution in [0.1, 0.15) is 13.3 Å². The molecule has 13 atom stereocenters. The Kier molecular flexibility index (Phi) is 8.66. The molecule has 0 aromatic carbocycles. The first-order chi connectivity index (χ1) is 16.7. The molecule has 16 heteroatoms. The predicted molar refractivity (Wildman–Crippen MR) is 112 cm³/mol. The summed E-state index contributed by atoms with van der Waals surface area (Å²) in [7, 11) is 0. The molecule has 3 heterocycles. The molecule has 0 aromatic rings. The number of aliphatic hydroxyl groups is 11. The van der Waals surface area contributed by atoms with E-state index in [9.17, 15) is 61.0 Å². The van der Waals surface area contributed by atoms with E-state index in [0.29, 0.717) is 0 Å². The van der Waals surface area contributed by atoms with Crippen LogP contribution in [0.3, 0.4) is 0 Å². The van der Waals surface area contributed by atoms with Crippen LogP contribution in [0.2, 0.25) is 0 Å². The Morgan fingerprint density at radius 1 is 0.806 bits per heavy atom. The lowest BCUT2D eigenvalue weighted by atomic mass is 9.66. The summed E-state index contributed by atoms with van der Waals surface area (Å²) in [4.78, 5) is 12.0. The Balaban J connectivity index is 1.88. The third kappa shape index (κ3) is 4.54. The molecular formula is C20H35NO15. The Morgan fingerprint density at radius 2 is 1.33 bits per heavy atom. The van der Waals surface area contributed by atoms with Crippen molar-refractivity contribution >= 4 is 5.91 Å². The van der Waals surface area contributed by atoms with Crippen LogP contribution in [-0.2, 0) is 19.0 Å². The minimum absolute atomic E-state index is 0.717. The molecule has 0 bridgehead atoms. The van der Waals surface area contributed by atoms with Crippen molar-refractivity contribution in [1.82, 2.24) is 5.32 Å². The first-order valence-electron chi connectivity index (χ1n) is 11.3. The maximum atomic E-state index is 12.0. The second-order valence-electron chi connectivity index (χ2n) is 9.67. The van der Waals surface area contributed by atoms with Gasteiger partial charge in [0.15, 0.2) is 6.29 Å². The molecule has 3 rings (SSSR count). The van der Waals surface area contributed by atoms with Gasteiger partial charge in [-0.1, -0.05) is 0 Å². The van der Waals surface area contributed by atoms with Crippen LogP contribution in [0.15, 0.2) is 0 Å². The second kappa shape index (κ2) is 10.6. The van der Waals surface area contributed by atoms with E-state index in [1.165, 1.54) is 0 Å². The highest BCUT2D eigenvalue weighted by molar-refractivity contribution is 5.74. The van der Waals surface area contributed by atoms with Gasteiger partial charge in [0.1, 0.15) is 65.6 Å². The maximum Gasteiger partial charge on any atom is 0.217 e. The fourth-order valence-electron chi connectivity index (χ4n) is 5.17. The van der Waals surface area contributed by atoms with E-state index in [-0.39, 0.29) is 0 Å². The lowest BCUT2D eigenvalue weighted by molar-refractivity contribution is -0.346. The fourth-order valence-corrected chi connectivity index (χ4v) is 5.17. The number of amides is 1. The van der Waals surface area contributed by atoms with E-state index in [4.69, 9.17) is 14.2 Å². The van der Waals surface area contributed by atoms with E-state index in [2.05, 4.69) is 5.32 Å². The zero-order valence-electron chi connectivity index (χ0n) is 19.4. The van der Waals surface area contributed by atoms with Gasteiger partial charge >= 0.3 is 0 Å². The largest absolute Gasteiger partial charge is 0.394 e. The number of rotatable bonds is 6. The summed E-state index contributed by atoms with van der Waals surface area (Å²) in [6.07, 6.45) is -19.5. The van der Waals surface area contributed by atoms with Crippen molar-refractivity contribution in [2.75, 3.05) is 26.4 Å². The van der Waals surface area contributed by atoms with E-state index >= 15 is 0 Å². The summed E-state index contributed by atoms with van der Waals surface area (Å²) >= 11 is 0. The third-order valence-electron chi connectivity index (χ3n) is 7.45. The monoisotopic (exact) mass is 529 g/mol. The highest BCUT2D eigenvalue weighted by atomic mass is 16.6. The quantitative estimate of drug-likeness (QED) is 0.152. The molecule has 0 unspecified atom stereocenters. The Labute approximate surface area is 204 Å². The molecule has 3 aliphatic heterocycles. The van der Waals surface area contributed by atoms with Crippen molar-refractivity contribution in [2.45, 2.75) is 91.3 Å². The number of carbonyl (C=O) groups is 1. The van der Waals surface area contributed by atoms with E-state index in [1.807, 2.05) is 0 Å². The molecule has 0 saturated carbocycles. The molecule has 36 heavy (non-hydrogen) atoms. The van der Waals surface area contributed by atoms with Crippen molar-refractivity contribution in [2.24, 2.45) is 0 Å². The number of nitrogens with one attached hydrogen (secondary N) is 1. The normalized spacial score (nSPS) is 52.1. The molecule has 0 radical (unpaired) electrons. The Bertz CT molecular complexity index is 790. The number of ether oxygens (including phenoxy) is 3. The smallest absolute Gasteiger partial charge is 0.217 e. The first kappa shape index (κ1) is 29.5. The lowest BCUT2D eigenvalue weighted by Gasteiger charge is -2.58. The number of hydrogen-bond donors (Lipinski definition) is 12. The number of carbonyl (C=O) groups excluding carboxylic acids is 1. The lowest BCUT2D eigenvalue weighted by Crippen LogP contribution is -2.84. The van der Waals surface area contributed by atoms with Gasteiger partial charge in [-0.3, -0.25) is 4.79 Å². The van der Waals surface area contributed by atoms with Crippen molar-refractivity contribution in [3.63, 3.8) is 0 Å². The van der Waals surface area contributed by atoms with Crippen molar-refractivity contribution in [3.05, 3.63) is 0 Å². The maximum absolute atomic E-state index is 12.0.